The van der Waals surface area contributed by atoms with E-state index in [-0.39, 0.29) is 5.91 Å². The molecule has 7 heteroatoms. The summed E-state index contributed by atoms with van der Waals surface area (Å²) in [5, 5.41) is 0.708. The summed E-state index contributed by atoms with van der Waals surface area (Å²) in [6, 6.07) is 22.5. The third-order valence-electron chi connectivity index (χ3n) is 5.92. The monoisotopic (exact) mass is 527 g/mol. The molecule has 5 rings (SSSR count). The van der Waals surface area contributed by atoms with Gasteiger partial charge < -0.3 is 9.47 Å². The number of hydrogen-bond acceptors (Lipinski definition) is 3. The van der Waals surface area contributed by atoms with Crippen molar-refractivity contribution in [2.75, 3.05) is 26.2 Å². The number of halogens is 2. The minimum atomic E-state index is 0.103. The van der Waals surface area contributed by atoms with Crippen LogP contribution >= 0.6 is 38.9 Å². The van der Waals surface area contributed by atoms with Crippen molar-refractivity contribution in [3.63, 3.8) is 0 Å². The quantitative estimate of drug-likeness (QED) is 0.312. The number of carbonyl (C=O) groups excluding carboxylic acids is 1. The summed E-state index contributed by atoms with van der Waals surface area (Å²) < 4.78 is 4.31. The number of thiophene rings is 1. The van der Waals surface area contributed by atoms with E-state index in [1.54, 1.807) is 11.3 Å². The molecule has 0 N–H and O–H groups in total. The zero-order valence-electron chi connectivity index (χ0n) is 17.5. The number of nitrogens with zero attached hydrogens (tertiary/aromatic N) is 3. The molecule has 1 saturated heterocycles. The Morgan fingerprint density at radius 3 is 2.41 bits per heavy atom. The summed E-state index contributed by atoms with van der Waals surface area (Å²) in [5.41, 5.74) is 4.22. The standard InChI is InChI=1S/C25H23BrClN3OS/c26-24-15-21-23(32-24)14-22(30(21)17-19-7-4-8-20(27)13-19)25(31)29-11-9-28(10-12-29)16-18-5-2-1-3-6-18/h1-8,13-15H,9-12,16-17H2. The van der Waals surface area contributed by atoms with E-state index in [9.17, 15) is 4.79 Å². The summed E-state index contributed by atoms with van der Waals surface area (Å²) in [5.74, 6) is 0.103. The normalized spacial score (nSPS) is 14.9. The Balaban J connectivity index is 1.35. The number of hydrogen-bond donors (Lipinski definition) is 0. The van der Waals surface area contributed by atoms with Gasteiger partial charge in [0.1, 0.15) is 5.69 Å². The molecule has 1 aliphatic rings. The number of rotatable bonds is 5. The van der Waals surface area contributed by atoms with Gasteiger partial charge in [0.05, 0.1) is 14.0 Å². The van der Waals surface area contributed by atoms with Crippen LogP contribution in [-0.4, -0.2) is 46.5 Å². The van der Waals surface area contributed by atoms with Crippen LogP contribution in [0.4, 0.5) is 0 Å². The van der Waals surface area contributed by atoms with Crippen molar-refractivity contribution >= 4 is 55.0 Å². The van der Waals surface area contributed by atoms with Gasteiger partial charge in [-0.2, -0.15) is 0 Å². The van der Waals surface area contributed by atoms with Gasteiger partial charge >= 0.3 is 0 Å². The molecule has 164 valence electrons. The average Bonchev–Trinajstić information content (AvgIpc) is 3.31. The molecule has 0 unspecified atom stereocenters. The smallest absolute Gasteiger partial charge is 0.270 e. The van der Waals surface area contributed by atoms with Gasteiger partial charge in [0.15, 0.2) is 0 Å². The zero-order valence-corrected chi connectivity index (χ0v) is 20.7. The third kappa shape index (κ3) is 4.64. The fraction of sp³-hybridized carbons (Fsp3) is 0.240. The highest BCUT2D eigenvalue weighted by Gasteiger charge is 2.26. The summed E-state index contributed by atoms with van der Waals surface area (Å²) in [4.78, 5) is 18.0. The van der Waals surface area contributed by atoms with Gasteiger partial charge in [0.2, 0.25) is 0 Å². The predicted molar refractivity (Wildman–Crippen MR) is 136 cm³/mol. The van der Waals surface area contributed by atoms with Crippen LogP contribution in [0, 0.1) is 0 Å². The molecule has 32 heavy (non-hydrogen) atoms. The second kappa shape index (κ2) is 9.40. The molecule has 0 bridgehead atoms. The van der Waals surface area contributed by atoms with Crippen molar-refractivity contribution in [3.8, 4) is 0 Å². The molecule has 1 amide bonds. The van der Waals surface area contributed by atoms with Gasteiger partial charge in [0.25, 0.3) is 5.91 Å². The SMILES string of the molecule is O=C(c1cc2sc(Br)cc2n1Cc1cccc(Cl)c1)N1CCN(Cc2ccccc2)CC1. The van der Waals surface area contributed by atoms with Crippen molar-refractivity contribution in [1.29, 1.82) is 0 Å². The second-order valence-corrected chi connectivity index (χ2v) is 11.0. The average molecular weight is 529 g/mol. The lowest BCUT2D eigenvalue weighted by molar-refractivity contribution is 0.0619. The van der Waals surface area contributed by atoms with E-state index in [2.05, 4.69) is 61.8 Å². The van der Waals surface area contributed by atoms with E-state index >= 15 is 0 Å². The Labute approximate surface area is 205 Å². The van der Waals surface area contributed by atoms with E-state index in [4.69, 9.17) is 11.6 Å². The molecule has 2 aromatic carbocycles. The molecule has 0 atom stereocenters. The Bertz CT molecular complexity index is 1240. The molecule has 1 aliphatic heterocycles. The molecule has 0 spiro atoms. The minimum absolute atomic E-state index is 0.103. The first-order chi connectivity index (χ1) is 15.6. The Morgan fingerprint density at radius 1 is 0.906 bits per heavy atom. The summed E-state index contributed by atoms with van der Waals surface area (Å²) in [6.45, 7) is 4.79. The first-order valence-electron chi connectivity index (χ1n) is 10.7. The fourth-order valence-corrected chi connectivity index (χ4v) is 6.07. The molecule has 4 aromatic rings. The number of carbonyl (C=O) groups is 1. The molecular formula is C25H23BrClN3OS. The molecule has 2 aromatic heterocycles. The Hall–Kier alpha value is -2.12. The van der Waals surface area contributed by atoms with Crippen molar-refractivity contribution in [2.24, 2.45) is 0 Å². The minimum Gasteiger partial charge on any atom is -0.335 e. The molecule has 3 heterocycles. The van der Waals surface area contributed by atoms with Crippen molar-refractivity contribution < 1.29 is 4.79 Å². The third-order valence-corrected chi connectivity index (χ3v) is 7.73. The number of piperazine rings is 1. The van der Waals surface area contributed by atoms with E-state index < -0.39 is 0 Å². The van der Waals surface area contributed by atoms with Crippen LogP contribution < -0.4 is 0 Å². The molecule has 0 aliphatic carbocycles. The lowest BCUT2D eigenvalue weighted by Crippen LogP contribution is -2.48. The summed E-state index contributed by atoms with van der Waals surface area (Å²) in [6.07, 6.45) is 0. The van der Waals surface area contributed by atoms with E-state index in [0.29, 0.717) is 11.6 Å². The highest BCUT2D eigenvalue weighted by atomic mass is 79.9. The molecule has 4 nitrogen and oxygen atoms in total. The van der Waals surface area contributed by atoms with Gasteiger partial charge in [-0.05, 0) is 51.3 Å². The van der Waals surface area contributed by atoms with Crippen LogP contribution in [0.1, 0.15) is 21.6 Å². The van der Waals surface area contributed by atoms with Gasteiger partial charge in [0, 0.05) is 44.3 Å². The number of benzene rings is 2. The highest BCUT2D eigenvalue weighted by Crippen LogP contribution is 2.33. The van der Waals surface area contributed by atoms with Gasteiger partial charge in [-0.25, -0.2) is 0 Å². The summed E-state index contributed by atoms with van der Waals surface area (Å²) in [7, 11) is 0. The number of amides is 1. The largest absolute Gasteiger partial charge is 0.335 e. The van der Waals surface area contributed by atoms with Crippen molar-refractivity contribution in [3.05, 3.63) is 92.4 Å². The highest BCUT2D eigenvalue weighted by molar-refractivity contribution is 9.11. The van der Waals surface area contributed by atoms with E-state index in [1.165, 1.54) is 5.56 Å². The maximum Gasteiger partial charge on any atom is 0.270 e. The number of fused-ring (bicyclic) bond motifs is 1. The molecule has 0 saturated carbocycles. The van der Waals surface area contributed by atoms with Crippen LogP contribution in [0.25, 0.3) is 10.2 Å². The maximum atomic E-state index is 13.5. The number of aromatic nitrogens is 1. The Kier molecular flexibility index (Phi) is 6.37. The molecule has 1 fully saturated rings. The topological polar surface area (TPSA) is 28.5 Å². The predicted octanol–water partition coefficient (Wildman–Crippen LogP) is 6.13. The lowest BCUT2D eigenvalue weighted by atomic mass is 10.2. The molecule has 0 radical (unpaired) electrons. The van der Waals surface area contributed by atoms with Crippen LogP contribution in [0.3, 0.4) is 0 Å². The zero-order chi connectivity index (χ0) is 22.1. The van der Waals surface area contributed by atoms with E-state index in [0.717, 1.165) is 58.0 Å². The maximum absolute atomic E-state index is 13.5. The van der Waals surface area contributed by atoms with Gasteiger partial charge in [-0.15, -0.1) is 11.3 Å². The second-order valence-electron chi connectivity index (χ2n) is 8.10. The lowest BCUT2D eigenvalue weighted by Gasteiger charge is -2.35. The van der Waals surface area contributed by atoms with Gasteiger partial charge in [-0.1, -0.05) is 54.1 Å². The first-order valence-corrected chi connectivity index (χ1v) is 12.6. The summed E-state index contributed by atoms with van der Waals surface area (Å²) >= 11 is 11.5. The van der Waals surface area contributed by atoms with Crippen molar-refractivity contribution in [2.45, 2.75) is 13.1 Å². The first kappa shape index (κ1) is 21.7. The fourth-order valence-electron chi connectivity index (χ4n) is 4.29. The Morgan fingerprint density at radius 2 is 1.66 bits per heavy atom. The van der Waals surface area contributed by atoms with Crippen LogP contribution in [0.2, 0.25) is 5.02 Å². The van der Waals surface area contributed by atoms with Crippen LogP contribution in [-0.2, 0) is 13.1 Å². The van der Waals surface area contributed by atoms with Crippen LogP contribution in [0.5, 0.6) is 0 Å². The van der Waals surface area contributed by atoms with Crippen LogP contribution in [0.15, 0.2) is 70.5 Å². The van der Waals surface area contributed by atoms with E-state index in [1.807, 2.05) is 35.2 Å². The molecular weight excluding hydrogens is 506 g/mol. The van der Waals surface area contributed by atoms with Crippen molar-refractivity contribution in [1.82, 2.24) is 14.4 Å². The van der Waals surface area contributed by atoms with Gasteiger partial charge in [-0.3, -0.25) is 9.69 Å².